The summed E-state index contributed by atoms with van der Waals surface area (Å²) in [5.74, 6) is 0. The van der Waals surface area contributed by atoms with Crippen LogP contribution in [0, 0.1) is 0 Å². The first-order valence-electron chi connectivity index (χ1n) is 1.40. The molecule has 0 aliphatic carbocycles. The van der Waals surface area contributed by atoms with Crippen molar-refractivity contribution in [3.8, 4) is 0 Å². The van der Waals surface area contributed by atoms with Crippen LogP contribution in [0.5, 0.6) is 0 Å². The minimum atomic E-state index is -4.67. The molecule has 0 saturated carbocycles. The SMILES string of the molecule is O=S(=O)(O)O.O=S(=O)(O)O.[NH2-].[Ni].[Ni]. The van der Waals surface area contributed by atoms with Gasteiger partial charge in [-0.2, -0.15) is 16.8 Å². The van der Waals surface area contributed by atoms with Gasteiger partial charge in [-0.3, -0.25) is 18.2 Å². The molecule has 9 nitrogen and oxygen atoms in total. The zero-order valence-electron chi connectivity index (χ0n) is 5.45. The van der Waals surface area contributed by atoms with Gasteiger partial charge in [0.2, 0.25) is 0 Å². The summed E-state index contributed by atoms with van der Waals surface area (Å²) in [5, 5.41) is 0. The first-order valence-corrected chi connectivity index (χ1v) is 4.19. The van der Waals surface area contributed by atoms with Crippen LogP contribution in [-0.2, 0) is 53.8 Å². The van der Waals surface area contributed by atoms with Crippen LogP contribution in [0.3, 0.4) is 0 Å². The van der Waals surface area contributed by atoms with E-state index in [1.165, 1.54) is 0 Å². The van der Waals surface area contributed by atoms with Crippen LogP contribution in [0.4, 0.5) is 0 Å². The second-order valence-corrected chi connectivity index (χ2v) is 2.69. The topological polar surface area (TPSA) is 183 Å². The fourth-order valence-corrected chi connectivity index (χ4v) is 0. The van der Waals surface area contributed by atoms with Gasteiger partial charge in [-0.1, -0.05) is 0 Å². The van der Waals surface area contributed by atoms with Crippen molar-refractivity contribution < 1.29 is 68.0 Å². The Labute approximate surface area is 94.9 Å². The molecule has 13 heteroatoms. The number of hydrogen-bond donors (Lipinski definition) is 4. The minimum absolute atomic E-state index is 0. The first-order chi connectivity index (χ1) is 4.00. The molecule has 0 spiro atoms. The van der Waals surface area contributed by atoms with Crippen LogP contribution in [0.15, 0.2) is 0 Å². The maximum Gasteiger partial charge on any atom is 0.394 e. The van der Waals surface area contributed by atoms with E-state index in [0.29, 0.717) is 0 Å². The second kappa shape index (κ2) is 10.8. The van der Waals surface area contributed by atoms with Gasteiger partial charge in [-0.15, -0.1) is 0 Å². The molecular weight excluding hydrogens is 324 g/mol. The van der Waals surface area contributed by atoms with Crippen LogP contribution in [-0.4, -0.2) is 35.0 Å². The quantitative estimate of drug-likeness (QED) is 0.335. The molecule has 0 aromatic carbocycles. The molecule has 0 unspecified atom stereocenters. The molecule has 0 radical (unpaired) electrons. The molecule has 0 bridgehead atoms. The van der Waals surface area contributed by atoms with Crippen molar-refractivity contribution in [1.29, 1.82) is 0 Å². The maximum absolute atomic E-state index is 8.74. The number of hydrogen-bond acceptors (Lipinski definition) is 4. The van der Waals surface area contributed by atoms with Crippen molar-refractivity contribution in [3.05, 3.63) is 6.15 Å². The Morgan fingerprint density at radius 2 is 0.615 bits per heavy atom. The molecule has 0 atom stereocenters. The smallest absolute Gasteiger partial charge is 0.394 e. The normalized spacial score (nSPS) is 8.92. The third kappa shape index (κ3) is 3070. The van der Waals surface area contributed by atoms with Gasteiger partial charge in [0, 0.05) is 33.0 Å². The van der Waals surface area contributed by atoms with Gasteiger partial charge in [0.15, 0.2) is 0 Å². The molecule has 0 saturated heterocycles. The Bertz CT molecular complexity index is 217. The monoisotopic (exact) mass is 328 g/mol. The molecular formula is H6NNi2O8S2-. The molecule has 0 aliphatic rings. The third-order valence-corrected chi connectivity index (χ3v) is 0. The average molecular weight is 330 g/mol. The van der Waals surface area contributed by atoms with Gasteiger partial charge in [0.05, 0.1) is 0 Å². The van der Waals surface area contributed by atoms with E-state index in [1.54, 1.807) is 0 Å². The number of rotatable bonds is 0. The molecule has 0 fully saturated rings. The van der Waals surface area contributed by atoms with E-state index in [1.807, 2.05) is 0 Å². The standard InChI is InChI=1S/H2N.2Ni.2H2O4S/c;;;2*1-5(2,3)4/h1H2;;;2*(H2,1,2,3,4)/q-1;;;;. The van der Waals surface area contributed by atoms with Gasteiger partial charge in [-0.05, 0) is 0 Å². The Balaban J connectivity index is -0.0000000267. The molecule has 92 valence electrons. The van der Waals surface area contributed by atoms with Gasteiger partial charge in [-0.25, -0.2) is 0 Å². The Kier molecular flexibility index (Phi) is 24.2. The molecule has 0 aromatic heterocycles. The Morgan fingerprint density at radius 3 is 0.615 bits per heavy atom. The Hall–Kier alpha value is 0.687. The predicted octanol–water partition coefficient (Wildman–Crippen LogP) is -0.593. The minimum Gasteiger partial charge on any atom is -0.693 e. The van der Waals surface area contributed by atoms with Crippen LogP contribution in [0.25, 0.3) is 6.15 Å². The molecule has 0 rings (SSSR count). The van der Waals surface area contributed by atoms with Crippen molar-refractivity contribution in [3.63, 3.8) is 0 Å². The molecule has 0 aliphatic heterocycles. The maximum atomic E-state index is 8.74. The summed E-state index contributed by atoms with van der Waals surface area (Å²) in [5.41, 5.74) is 0. The molecule has 13 heavy (non-hydrogen) atoms. The summed E-state index contributed by atoms with van der Waals surface area (Å²) < 4.78 is 63.2. The molecule has 0 heterocycles. The zero-order valence-corrected chi connectivity index (χ0v) is 9.06. The van der Waals surface area contributed by atoms with Crippen LogP contribution >= 0.6 is 0 Å². The fraction of sp³-hybridized carbons (Fsp3) is 0. The summed E-state index contributed by atoms with van der Waals surface area (Å²) in [6.45, 7) is 0. The van der Waals surface area contributed by atoms with Crippen molar-refractivity contribution in [2.45, 2.75) is 0 Å². The van der Waals surface area contributed by atoms with Gasteiger partial charge < -0.3 is 6.15 Å². The largest absolute Gasteiger partial charge is 0.693 e. The second-order valence-electron chi connectivity index (χ2n) is 0.896. The Morgan fingerprint density at radius 1 is 0.615 bits per heavy atom. The average Bonchev–Trinajstić information content (AvgIpc) is 1.12. The van der Waals surface area contributed by atoms with E-state index in [-0.39, 0.29) is 39.1 Å². The van der Waals surface area contributed by atoms with E-state index >= 15 is 0 Å². The van der Waals surface area contributed by atoms with Gasteiger partial charge in [0.1, 0.15) is 0 Å². The van der Waals surface area contributed by atoms with Crippen LogP contribution in [0.1, 0.15) is 0 Å². The van der Waals surface area contributed by atoms with Crippen LogP contribution in [0.2, 0.25) is 0 Å². The fourth-order valence-electron chi connectivity index (χ4n) is 0. The summed E-state index contributed by atoms with van der Waals surface area (Å²) in [6, 6.07) is 0. The van der Waals surface area contributed by atoms with E-state index in [9.17, 15) is 0 Å². The zero-order chi connectivity index (χ0) is 9.00. The van der Waals surface area contributed by atoms with Crippen LogP contribution < -0.4 is 0 Å². The van der Waals surface area contributed by atoms with Crippen molar-refractivity contribution in [2.24, 2.45) is 0 Å². The summed E-state index contributed by atoms with van der Waals surface area (Å²) >= 11 is 0. The van der Waals surface area contributed by atoms with Gasteiger partial charge >= 0.3 is 20.8 Å². The summed E-state index contributed by atoms with van der Waals surface area (Å²) in [4.78, 5) is 0. The molecule has 0 amide bonds. The third-order valence-electron chi connectivity index (χ3n) is 0. The predicted molar refractivity (Wildman–Crippen MR) is 33.6 cm³/mol. The number of nitrogens with two attached hydrogens (primary N) is 1. The van der Waals surface area contributed by atoms with Gasteiger partial charge in [0.25, 0.3) is 0 Å². The molecule has 0 aromatic rings. The first kappa shape index (κ1) is 29.2. The molecule has 6 N–H and O–H groups in total. The van der Waals surface area contributed by atoms with E-state index in [4.69, 9.17) is 35.0 Å². The van der Waals surface area contributed by atoms with Crippen molar-refractivity contribution in [2.75, 3.05) is 0 Å². The van der Waals surface area contributed by atoms with E-state index < -0.39 is 20.8 Å². The van der Waals surface area contributed by atoms with Crippen molar-refractivity contribution >= 4 is 20.8 Å². The summed E-state index contributed by atoms with van der Waals surface area (Å²) in [7, 11) is -9.33. The summed E-state index contributed by atoms with van der Waals surface area (Å²) in [6.07, 6.45) is 0. The van der Waals surface area contributed by atoms with Crippen molar-refractivity contribution in [1.82, 2.24) is 0 Å². The van der Waals surface area contributed by atoms with E-state index in [2.05, 4.69) is 0 Å². The van der Waals surface area contributed by atoms with E-state index in [0.717, 1.165) is 0 Å².